The summed E-state index contributed by atoms with van der Waals surface area (Å²) in [6, 6.07) is 1.69. The Morgan fingerprint density at radius 3 is 1.55 bits per heavy atom. The topological polar surface area (TPSA) is 141 Å². The quantitative estimate of drug-likeness (QED) is 0.0615. The van der Waals surface area contributed by atoms with E-state index in [0.29, 0.717) is 12.8 Å². The molecule has 0 saturated carbocycles. The monoisotopic (exact) mass is 562 g/mol. The Balaban J connectivity index is -0.0000000989. The second-order valence-corrected chi connectivity index (χ2v) is 6.59. The first-order chi connectivity index (χ1) is 19.3. The third-order valence-corrected chi connectivity index (χ3v) is 3.73. The molecule has 0 heterocycles. The van der Waals surface area contributed by atoms with E-state index in [2.05, 4.69) is 58.4 Å². The van der Waals surface area contributed by atoms with Crippen LogP contribution in [0.2, 0.25) is 0 Å². The van der Waals surface area contributed by atoms with Crippen LogP contribution in [-0.2, 0) is 38.2 Å². The van der Waals surface area contributed by atoms with E-state index < -0.39 is 0 Å². The number of esters is 3. The predicted molar refractivity (Wildman–Crippen MR) is 155 cm³/mol. The fraction of sp³-hybridized carbons (Fsp3) is 0.467. The van der Waals surface area contributed by atoms with E-state index in [1.54, 1.807) is 6.07 Å². The van der Waals surface area contributed by atoms with Crippen LogP contribution in [0.4, 0.5) is 0 Å². The summed E-state index contributed by atoms with van der Waals surface area (Å²) in [5, 5.41) is 7.51. The van der Waals surface area contributed by atoms with Gasteiger partial charge in [0, 0.05) is 6.08 Å². The van der Waals surface area contributed by atoms with Crippen molar-refractivity contribution < 1.29 is 38.2 Å². The first kappa shape index (κ1) is 48.5. The number of nitriles is 1. The van der Waals surface area contributed by atoms with Crippen LogP contribution in [0, 0.1) is 17.9 Å². The Kier molecular flexibility index (Phi) is 66.9. The molecule has 0 amide bonds. The van der Waals surface area contributed by atoms with Gasteiger partial charge in [-0.2, -0.15) is 14.9 Å². The maximum Gasteiger partial charge on any atom is 0.373 e. The molecule has 10 nitrogen and oxygen atoms in total. The lowest BCUT2D eigenvalue weighted by atomic mass is 10.1. The van der Waals surface area contributed by atoms with Crippen molar-refractivity contribution in [3.05, 3.63) is 74.3 Å². The van der Waals surface area contributed by atoms with Gasteiger partial charge in [0.05, 0.1) is 53.2 Å². The molecule has 0 N–H and O–H groups in total. The molecular weight excluding hydrogens is 516 g/mol. The molecule has 0 atom stereocenters. The zero-order valence-electron chi connectivity index (χ0n) is 24.5. The SMILES string of the molecule is C=C.C=CC#N.C=CCC(=O)OC.CCCCCCCCC=CCC(=O)OC.O=C=O.[C-]#[N+]C=CCC(=O)OC. The summed E-state index contributed by atoms with van der Waals surface area (Å²) in [5.41, 5.74) is 0. The number of carbonyl (C=O) groups excluding carboxylic acids is 5. The summed E-state index contributed by atoms with van der Waals surface area (Å²) in [6.45, 7) is 21.0. The van der Waals surface area contributed by atoms with Crippen molar-refractivity contribution in [2.45, 2.75) is 71.1 Å². The Bertz CT molecular complexity index is 785. The summed E-state index contributed by atoms with van der Waals surface area (Å²) in [7, 11) is 4.09. The van der Waals surface area contributed by atoms with Gasteiger partial charge in [0.1, 0.15) is 0 Å². The van der Waals surface area contributed by atoms with E-state index in [1.165, 1.54) is 84.3 Å². The van der Waals surface area contributed by atoms with Crippen molar-refractivity contribution >= 4 is 24.1 Å². The first-order valence-corrected chi connectivity index (χ1v) is 12.2. The van der Waals surface area contributed by atoms with Gasteiger partial charge in [0.15, 0.2) is 6.20 Å². The molecule has 0 rings (SSSR count). The summed E-state index contributed by atoms with van der Waals surface area (Å²) in [4.78, 5) is 50.3. The summed E-state index contributed by atoms with van der Waals surface area (Å²) in [5.74, 6) is -0.723. The highest BCUT2D eigenvalue weighted by Gasteiger charge is 1.93. The van der Waals surface area contributed by atoms with Crippen LogP contribution in [0.1, 0.15) is 71.1 Å². The predicted octanol–water partition coefficient (Wildman–Crippen LogP) is 6.49. The molecule has 0 unspecified atom stereocenters. The molecule has 0 aromatic heterocycles. The number of ether oxygens (including phenoxy) is 3. The molecule has 10 heteroatoms. The lowest BCUT2D eigenvalue weighted by Crippen LogP contribution is -1.96. The number of hydrogen-bond donors (Lipinski definition) is 0. The molecule has 0 aliphatic heterocycles. The largest absolute Gasteiger partial charge is 0.469 e. The van der Waals surface area contributed by atoms with Gasteiger partial charge in [-0.15, -0.1) is 19.7 Å². The Morgan fingerprint density at radius 1 is 0.800 bits per heavy atom. The van der Waals surface area contributed by atoms with E-state index in [1.807, 2.05) is 6.08 Å². The number of methoxy groups -OCH3 is 3. The lowest BCUT2D eigenvalue weighted by Gasteiger charge is -1.97. The van der Waals surface area contributed by atoms with Gasteiger partial charge in [-0.3, -0.25) is 14.4 Å². The summed E-state index contributed by atoms with van der Waals surface area (Å²) in [6.07, 6.45) is 19.5. The van der Waals surface area contributed by atoms with Gasteiger partial charge in [-0.25, -0.2) is 4.85 Å². The minimum Gasteiger partial charge on any atom is -0.469 e. The van der Waals surface area contributed by atoms with E-state index >= 15 is 0 Å². The van der Waals surface area contributed by atoms with Gasteiger partial charge in [-0.1, -0.05) is 69.9 Å². The second-order valence-electron chi connectivity index (χ2n) is 6.59. The maximum atomic E-state index is 10.7. The zero-order chi connectivity index (χ0) is 32.3. The summed E-state index contributed by atoms with van der Waals surface area (Å²) < 4.78 is 13.1. The molecule has 0 fully saturated rings. The van der Waals surface area contributed by atoms with Crippen molar-refractivity contribution in [2.75, 3.05) is 21.3 Å². The van der Waals surface area contributed by atoms with Gasteiger partial charge in [0.2, 0.25) is 0 Å². The molecule has 40 heavy (non-hydrogen) atoms. The number of nitrogens with zero attached hydrogens (tertiary/aromatic N) is 2. The average Bonchev–Trinajstić information content (AvgIpc) is 2.98. The highest BCUT2D eigenvalue weighted by Crippen LogP contribution is 2.07. The number of hydrogen-bond acceptors (Lipinski definition) is 9. The number of unbranched alkanes of at least 4 members (excludes halogenated alkanes) is 6. The second kappa shape index (κ2) is 55.1. The van der Waals surface area contributed by atoms with E-state index in [9.17, 15) is 14.4 Å². The van der Waals surface area contributed by atoms with Gasteiger partial charge < -0.3 is 14.2 Å². The van der Waals surface area contributed by atoms with E-state index in [4.69, 9.17) is 21.4 Å². The standard InChI is InChI=1S/C13H24O2.C6H7NO2.C5H8O2.C3H3N.C2H4.CO2/c1-3-4-5-6-7-8-9-10-11-12-13(14)15-2;1-7-5-3-4-6(8)9-2;1-3-4-5(6)7-2;1-2-3-4;1-2;2-1-3/h10-11H,3-9,12H2,1-2H3;3,5H,4H2,2H3;3H,1,4H2,2H3;2H,1H2;1-2H2;. The molecule has 224 valence electrons. The van der Waals surface area contributed by atoms with Gasteiger partial charge in [0.25, 0.3) is 0 Å². The van der Waals surface area contributed by atoms with E-state index in [-0.39, 0.29) is 30.5 Å². The van der Waals surface area contributed by atoms with Crippen LogP contribution in [0.3, 0.4) is 0 Å². The number of rotatable bonds is 13. The van der Waals surface area contributed by atoms with Crippen molar-refractivity contribution in [1.82, 2.24) is 0 Å². The van der Waals surface area contributed by atoms with Crippen molar-refractivity contribution in [3.8, 4) is 6.07 Å². The molecule has 0 aliphatic rings. The van der Waals surface area contributed by atoms with E-state index in [0.717, 1.165) is 6.42 Å². The first-order valence-electron chi connectivity index (χ1n) is 12.2. The molecule has 0 spiro atoms. The molecule has 0 aromatic rings. The zero-order valence-corrected chi connectivity index (χ0v) is 24.5. The number of allylic oxidation sites excluding steroid dienone is 2. The fourth-order valence-electron chi connectivity index (χ4n) is 1.91. The van der Waals surface area contributed by atoms with Crippen LogP contribution in [0.15, 0.2) is 62.9 Å². The fourth-order valence-corrected chi connectivity index (χ4v) is 1.91. The minimum atomic E-state index is -0.324. The normalized spacial score (nSPS) is 8.05. The third-order valence-electron chi connectivity index (χ3n) is 3.73. The molecule has 0 aliphatic carbocycles. The molecule has 0 radical (unpaired) electrons. The highest BCUT2D eigenvalue weighted by molar-refractivity contribution is 5.71. The maximum absolute atomic E-state index is 10.7. The summed E-state index contributed by atoms with van der Waals surface area (Å²) >= 11 is 0. The van der Waals surface area contributed by atoms with Crippen molar-refractivity contribution in [2.24, 2.45) is 0 Å². The Hall–Kier alpha value is -4.53. The molecule has 0 saturated heterocycles. The van der Waals surface area contributed by atoms with Gasteiger partial charge in [-0.05, 0) is 12.8 Å². The molecule has 0 bridgehead atoms. The lowest BCUT2D eigenvalue weighted by molar-refractivity contribution is -0.191. The number of carbonyl (C=O) groups is 3. The van der Waals surface area contributed by atoms with Crippen LogP contribution in [0.25, 0.3) is 4.85 Å². The van der Waals surface area contributed by atoms with Crippen LogP contribution < -0.4 is 0 Å². The third kappa shape index (κ3) is 76.6. The Morgan fingerprint density at radius 2 is 1.20 bits per heavy atom. The van der Waals surface area contributed by atoms with Crippen LogP contribution >= 0.6 is 0 Å². The highest BCUT2D eigenvalue weighted by atomic mass is 16.5. The molecular formula is C30H46N2O8. The Labute approximate surface area is 240 Å². The smallest absolute Gasteiger partial charge is 0.373 e. The van der Waals surface area contributed by atoms with Crippen LogP contribution in [-0.4, -0.2) is 45.4 Å². The van der Waals surface area contributed by atoms with Gasteiger partial charge >= 0.3 is 24.1 Å². The average molecular weight is 563 g/mol. The van der Waals surface area contributed by atoms with Crippen LogP contribution in [0.5, 0.6) is 0 Å². The van der Waals surface area contributed by atoms with Crippen molar-refractivity contribution in [1.29, 1.82) is 5.26 Å². The minimum absolute atomic E-state index is 0.158. The molecule has 0 aromatic carbocycles. The van der Waals surface area contributed by atoms with Crippen molar-refractivity contribution in [3.63, 3.8) is 0 Å².